The Balaban J connectivity index is 1.61. The van der Waals surface area contributed by atoms with Crippen LogP contribution in [0.1, 0.15) is 17.3 Å². The van der Waals surface area contributed by atoms with E-state index in [0.717, 1.165) is 10.0 Å². The number of hydrogen-bond donors (Lipinski definition) is 4. The van der Waals surface area contributed by atoms with Crippen LogP contribution in [0.4, 0.5) is 11.6 Å². The van der Waals surface area contributed by atoms with Gasteiger partial charge in [0.25, 0.3) is 5.91 Å². The molecular weight excluding hydrogens is 472 g/mol. The lowest BCUT2D eigenvalue weighted by molar-refractivity contribution is -0.118. The molecule has 0 atom stereocenters. The maximum absolute atomic E-state index is 12.3. The third-order valence-corrected chi connectivity index (χ3v) is 4.86. The molecule has 0 fully saturated rings. The van der Waals surface area contributed by atoms with Crippen LogP contribution in [0.3, 0.4) is 0 Å². The summed E-state index contributed by atoms with van der Waals surface area (Å²) in [6, 6.07) is 18.7. The number of anilines is 2. The summed E-state index contributed by atoms with van der Waals surface area (Å²) in [6.07, 6.45) is 0. The molecule has 2 amide bonds. The standard InChI is InChI=1S/C23H25BrN6O2/c1-16(31)25-10-11-26-20-15-21(30-22(29-20)17-6-3-2-4-7-17)27-12-13-28-23(32)18-8-5-9-19(24)14-18/h2-9,14-15H,10-13H2,1H3,(H,25,31)(H,28,32)(H2,26,27,29,30). The van der Waals surface area contributed by atoms with Crippen LogP contribution in [0.25, 0.3) is 11.4 Å². The molecule has 0 radical (unpaired) electrons. The topological polar surface area (TPSA) is 108 Å². The second-order valence-electron chi connectivity index (χ2n) is 6.93. The predicted octanol–water partition coefficient (Wildman–Crippen LogP) is 3.30. The summed E-state index contributed by atoms with van der Waals surface area (Å²) in [5.41, 5.74) is 1.49. The SMILES string of the molecule is CC(=O)NCCNc1cc(NCCNC(=O)c2cccc(Br)c2)nc(-c2ccccc2)n1. The second kappa shape index (κ2) is 11.8. The second-order valence-corrected chi connectivity index (χ2v) is 7.85. The van der Waals surface area contributed by atoms with Crippen LogP contribution in [0, 0.1) is 0 Å². The number of nitrogens with zero attached hydrogens (tertiary/aromatic N) is 2. The van der Waals surface area contributed by atoms with Crippen molar-refractivity contribution in [2.24, 2.45) is 0 Å². The lowest BCUT2D eigenvalue weighted by atomic mass is 10.2. The van der Waals surface area contributed by atoms with E-state index >= 15 is 0 Å². The molecule has 2 aromatic carbocycles. The van der Waals surface area contributed by atoms with Crippen LogP contribution in [-0.2, 0) is 4.79 Å². The summed E-state index contributed by atoms with van der Waals surface area (Å²) in [7, 11) is 0. The fraction of sp³-hybridized carbons (Fsp3) is 0.217. The van der Waals surface area contributed by atoms with Gasteiger partial charge in [0.1, 0.15) is 11.6 Å². The minimum Gasteiger partial charge on any atom is -0.368 e. The zero-order chi connectivity index (χ0) is 22.8. The molecule has 1 aromatic heterocycles. The molecular formula is C23H25BrN6O2. The normalized spacial score (nSPS) is 10.3. The molecule has 9 heteroatoms. The molecule has 0 aliphatic heterocycles. The quantitative estimate of drug-likeness (QED) is 0.320. The van der Waals surface area contributed by atoms with Gasteiger partial charge in [0.15, 0.2) is 5.82 Å². The Bertz CT molecular complexity index is 1060. The van der Waals surface area contributed by atoms with Crippen molar-refractivity contribution in [3.8, 4) is 11.4 Å². The Labute approximate surface area is 195 Å². The first kappa shape index (κ1) is 23.2. The van der Waals surface area contributed by atoms with Gasteiger partial charge in [-0.2, -0.15) is 0 Å². The molecule has 1 heterocycles. The molecule has 32 heavy (non-hydrogen) atoms. The van der Waals surface area contributed by atoms with E-state index in [4.69, 9.17) is 0 Å². The fourth-order valence-electron chi connectivity index (χ4n) is 2.87. The van der Waals surface area contributed by atoms with Crippen LogP contribution in [0.15, 0.2) is 65.1 Å². The predicted molar refractivity (Wildman–Crippen MR) is 130 cm³/mol. The maximum atomic E-state index is 12.3. The van der Waals surface area contributed by atoms with Crippen molar-refractivity contribution in [2.45, 2.75) is 6.92 Å². The first-order chi connectivity index (χ1) is 15.5. The highest BCUT2D eigenvalue weighted by Crippen LogP contribution is 2.20. The first-order valence-corrected chi connectivity index (χ1v) is 11.0. The number of benzene rings is 2. The number of rotatable bonds is 10. The van der Waals surface area contributed by atoms with Gasteiger partial charge in [0, 0.05) is 54.8 Å². The molecule has 0 saturated carbocycles. The fourth-order valence-corrected chi connectivity index (χ4v) is 3.27. The molecule has 0 spiro atoms. The number of carbonyl (C=O) groups excluding carboxylic acids is 2. The molecule has 0 aliphatic rings. The van der Waals surface area contributed by atoms with Crippen LogP contribution in [0.5, 0.6) is 0 Å². The number of aromatic nitrogens is 2. The average molecular weight is 497 g/mol. The van der Waals surface area contributed by atoms with Crippen molar-refractivity contribution < 1.29 is 9.59 Å². The highest BCUT2D eigenvalue weighted by Gasteiger charge is 2.08. The van der Waals surface area contributed by atoms with Crippen LogP contribution >= 0.6 is 15.9 Å². The van der Waals surface area contributed by atoms with Crippen LogP contribution in [0.2, 0.25) is 0 Å². The third-order valence-electron chi connectivity index (χ3n) is 4.37. The molecule has 3 aromatic rings. The van der Waals surface area contributed by atoms with E-state index in [1.54, 1.807) is 18.2 Å². The van der Waals surface area contributed by atoms with Gasteiger partial charge in [-0.1, -0.05) is 52.3 Å². The van der Waals surface area contributed by atoms with E-state index in [1.165, 1.54) is 6.92 Å². The van der Waals surface area contributed by atoms with Gasteiger partial charge >= 0.3 is 0 Å². The Morgan fingerprint density at radius 3 is 2.09 bits per heavy atom. The number of hydrogen-bond acceptors (Lipinski definition) is 6. The van der Waals surface area contributed by atoms with Gasteiger partial charge in [-0.05, 0) is 18.2 Å². The Hall–Kier alpha value is -3.46. The monoisotopic (exact) mass is 496 g/mol. The van der Waals surface area contributed by atoms with Gasteiger partial charge in [-0.3, -0.25) is 9.59 Å². The van der Waals surface area contributed by atoms with Crippen LogP contribution < -0.4 is 21.3 Å². The van der Waals surface area contributed by atoms with Crippen molar-refractivity contribution in [3.05, 3.63) is 70.7 Å². The maximum Gasteiger partial charge on any atom is 0.251 e. The molecule has 8 nitrogen and oxygen atoms in total. The van der Waals surface area contributed by atoms with Crippen molar-refractivity contribution in [2.75, 3.05) is 36.8 Å². The van der Waals surface area contributed by atoms with E-state index < -0.39 is 0 Å². The smallest absolute Gasteiger partial charge is 0.251 e. The molecule has 0 aliphatic carbocycles. The van der Waals surface area contributed by atoms with Gasteiger partial charge in [-0.15, -0.1) is 0 Å². The highest BCUT2D eigenvalue weighted by atomic mass is 79.9. The molecule has 3 rings (SSSR count). The lowest BCUT2D eigenvalue weighted by Crippen LogP contribution is -2.29. The van der Waals surface area contributed by atoms with E-state index in [2.05, 4.69) is 47.2 Å². The van der Waals surface area contributed by atoms with Gasteiger partial charge in [-0.25, -0.2) is 9.97 Å². The molecule has 4 N–H and O–H groups in total. The minimum atomic E-state index is -0.138. The average Bonchev–Trinajstić information content (AvgIpc) is 2.80. The van der Waals surface area contributed by atoms with E-state index in [1.807, 2.05) is 42.5 Å². The summed E-state index contributed by atoms with van der Waals surface area (Å²) >= 11 is 3.37. The molecule has 0 bridgehead atoms. The summed E-state index contributed by atoms with van der Waals surface area (Å²) in [4.78, 5) is 32.5. The van der Waals surface area contributed by atoms with Gasteiger partial charge in [0.05, 0.1) is 0 Å². The third kappa shape index (κ3) is 7.35. The lowest BCUT2D eigenvalue weighted by Gasteiger charge is -2.12. The highest BCUT2D eigenvalue weighted by molar-refractivity contribution is 9.10. The van der Waals surface area contributed by atoms with Crippen molar-refractivity contribution in [1.82, 2.24) is 20.6 Å². The minimum absolute atomic E-state index is 0.0771. The number of carbonyl (C=O) groups is 2. The van der Waals surface area contributed by atoms with Crippen molar-refractivity contribution >= 4 is 39.4 Å². The molecule has 0 saturated heterocycles. The largest absolute Gasteiger partial charge is 0.368 e. The summed E-state index contributed by atoms with van der Waals surface area (Å²) in [6.45, 7) is 3.44. The van der Waals surface area contributed by atoms with Crippen molar-refractivity contribution in [3.63, 3.8) is 0 Å². The number of nitrogens with one attached hydrogen (secondary N) is 4. The van der Waals surface area contributed by atoms with Crippen LogP contribution in [-0.4, -0.2) is 48.0 Å². The van der Waals surface area contributed by atoms with Gasteiger partial charge < -0.3 is 21.3 Å². The Kier molecular flexibility index (Phi) is 8.56. The summed E-state index contributed by atoms with van der Waals surface area (Å²) < 4.78 is 0.858. The van der Waals surface area contributed by atoms with E-state index in [-0.39, 0.29) is 11.8 Å². The van der Waals surface area contributed by atoms with E-state index in [9.17, 15) is 9.59 Å². The molecule has 0 unspecified atom stereocenters. The van der Waals surface area contributed by atoms with Gasteiger partial charge in [0.2, 0.25) is 5.91 Å². The van der Waals surface area contributed by atoms with Crippen molar-refractivity contribution in [1.29, 1.82) is 0 Å². The number of halogens is 1. The zero-order valence-corrected chi connectivity index (χ0v) is 19.3. The Morgan fingerprint density at radius 2 is 1.47 bits per heavy atom. The first-order valence-electron chi connectivity index (χ1n) is 10.2. The summed E-state index contributed by atoms with van der Waals surface area (Å²) in [5.74, 6) is 1.64. The Morgan fingerprint density at radius 1 is 0.812 bits per heavy atom. The van der Waals surface area contributed by atoms with E-state index in [0.29, 0.717) is 49.2 Å². The summed E-state index contributed by atoms with van der Waals surface area (Å²) in [5, 5.41) is 12.1. The molecule has 166 valence electrons. The number of amides is 2. The zero-order valence-electron chi connectivity index (χ0n) is 17.7.